The highest BCUT2D eigenvalue weighted by atomic mass is 32.1. The molecule has 0 aliphatic heterocycles. The molecule has 0 bridgehead atoms. The predicted molar refractivity (Wildman–Crippen MR) is 120 cm³/mol. The number of halogens is 4. The molecule has 1 aromatic heterocycles. The lowest BCUT2D eigenvalue weighted by Gasteiger charge is -2.17. The average molecular weight is 500 g/mol. The summed E-state index contributed by atoms with van der Waals surface area (Å²) >= 11 is 1.02. The van der Waals surface area contributed by atoms with Gasteiger partial charge >= 0.3 is 6.18 Å². The Morgan fingerprint density at radius 1 is 0.971 bits per heavy atom. The van der Waals surface area contributed by atoms with Crippen LogP contribution in [0.25, 0.3) is 10.6 Å². The van der Waals surface area contributed by atoms with Crippen molar-refractivity contribution < 1.29 is 32.1 Å². The molecule has 0 radical (unpaired) electrons. The van der Waals surface area contributed by atoms with Gasteiger partial charge in [-0.05, 0) is 68.7 Å². The number of hydrogen-bond donors (Lipinski definition) is 2. The largest absolute Gasteiger partial charge is 0.494 e. The number of nitrogens with zero attached hydrogens (tertiary/aromatic N) is 2. The van der Waals surface area contributed by atoms with E-state index in [1.165, 1.54) is 36.4 Å². The summed E-state index contributed by atoms with van der Waals surface area (Å²) < 4.78 is 64.7. The Hall–Kier alpha value is -2.76. The molecule has 0 aliphatic carbocycles. The number of aromatic nitrogens is 2. The maximum Gasteiger partial charge on any atom is 0.419 e. The Bertz CT molecular complexity index is 1070. The van der Waals surface area contributed by atoms with Crippen molar-refractivity contribution in [3.63, 3.8) is 0 Å². The van der Waals surface area contributed by atoms with E-state index in [0.717, 1.165) is 17.4 Å². The first-order valence-electron chi connectivity index (χ1n) is 10.6. The Kier molecular flexibility index (Phi) is 8.45. The van der Waals surface area contributed by atoms with Crippen molar-refractivity contribution in [3.05, 3.63) is 58.9 Å². The van der Waals surface area contributed by atoms with Gasteiger partial charge in [-0.2, -0.15) is 13.2 Å². The SMILES string of the molecule is C[C@](N)(CO)c1nnc(-c2ccc(OCCCCCOc3ccc(F)cc3)c(C(F)(F)F)c2)s1. The molecule has 0 saturated heterocycles. The van der Waals surface area contributed by atoms with Gasteiger partial charge in [-0.15, -0.1) is 10.2 Å². The lowest BCUT2D eigenvalue weighted by atomic mass is 10.1. The van der Waals surface area contributed by atoms with E-state index in [0.29, 0.717) is 36.6 Å². The number of ether oxygens (including phenoxy) is 2. The molecule has 2 aromatic carbocycles. The van der Waals surface area contributed by atoms with Crippen LogP contribution in [0, 0.1) is 5.82 Å². The fraction of sp³-hybridized carbons (Fsp3) is 0.391. The fourth-order valence-electron chi connectivity index (χ4n) is 2.93. The van der Waals surface area contributed by atoms with E-state index in [4.69, 9.17) is 15.2 Å². The summed E-state index contributed by atoms with van der Waals surface area (Å²) in [5, 5.41) is 17.8. The van der Waals surface area contributed by atoms with E-state index in [1.807, 2.05) is 0 Å². The van der Waals surface area contributed by atoms with Gasteiger partial charge in [0.25, 0.3) is 0 Å². The number of benzene rings is 2. The number of unbranched alkanes of at least 4 members (excludes halogenated alkanes) is 2. The highest BCUT2D eigenvalue weighted by Crippen LogP contribution is 2.39. The highest BCUT2D eigenvalue weighted by Gasteiger charge is 2.35. The maximum atomic E-state index is 13.6. The van der Waals surface area contributed by atoms with Crippen molar-refractivity contribution in [1.82, 2.24) is 10.2 Å². The molecule has 0 saturated carbocycles. The van der Waals surface area contributed by atoms with E-state index in [2.05, 4.69) is 10.2 Å². The summed E-state index contributed by atoms with van der Waals surface area (Å²) in [6, 6.07) is 9.41. The molecule has 0 amide bonds. The second kappa shape index (κ2) is 11.1. The van der Waals surface area contributed by atoms with Gasteiger partial charge in [-0.3, -0.25) is 0 Å². The van der Waals surface area contributed by atoms with Crippen LogP contribution < -0.4 is 15.2 Å². The van der Waals surface area contributed by atoms with Crippen molar-refractivity contribution >= 4 is 11.3 Å². The van der Waals surface area contributed by atoms with Gasteiger partial charge in [0.1, 0.15) is 27.3 Å². The van der Waals surface area contributed by atoms with E-state index < -0.39 is 17.3 Å². The molecule has 0 fully saturated rings. The van der Waals surface area contributed by atoms with Crippen LogP contribution >= 0.6 is 11.3 Å². The number of aliphatic hydroxyl groups excluding tert-OH is 1. The van der Waals surface area contributed by atoms with Crippen molar-refractivity contribution in [3.8, 4) is 22.1 Å². The molecule has 1 heterocycles. The van der Waals surface area contributed by atoms with Crippen molar-refractivity contribution in [2.24, 2.45) is 5.73 Å². The van der Waals surface area contributed by atoms with Crippen LogP contribution in [0.1, 0.15) is 36.8 Å². The van der Waals surface area contributed by atoms with Crippen molar-refractivity contribution in [1.29, 1.82) is 0 Å². The summed E-state index contributed by atoms with van der Waals surface area (Å²) in [7, 11) is 0. The van der Waals surface area contributed by atoms with E-state index >= 15 is 0 Å². The predicted octanol–water partition coefficient (Wildman–Crippen LogP) is 5.16. The van der Waals surface area contributed by atoms with Crippen molar-refractivity contribution in [2.45, 2.75) is 37.9 Å². The monoisotopic (exact) mass is 499 g/mol. The third-order valence-electron chi connectivity index (χ3n) is 4.90. The maximum absolute atomic E-state index is 13.6. The summed E-state index contributed by atoms with van der Waals surface area (Å²) in [6.07, 6.45) is -2.70. The molecule has 184 valence electrons. The first kappa shape index (κ1) is 25.9. The molecule has 0 unspecified atom stereocenters. The minimum absolute atomic E-state index is 0.115. The molecular formula is C23H25F4N3O3S. The van der Waals surface area contributed by atoms with Gasteiger partial charge in [-0.1, -0.05) is 11.3 Å². The topological polar surface area (TPSA) is 90.5 Å². The number of nitrogens with two attached hydrogens (primary N) is 1. The molecular weight excluding hydrogens is 474 g/mol. The van der Waals surface area contributed by atoms with Gasteiger partial charge in [-0.25, -0.2) is 4.39 Å². The molecule has 11 heteroatoms. The highest BCUT2D eigenvalue weighted by molar-refractivity contribution is 7.14. The summed E-state index contributed by atoms with van der Waals surface area (Å²) in [5.41, 5.74) is 4.12. The number of aliphatic hydroxyl groups is 1. The van der Waals surface area contributed by atoms with Gasteiger partial charge < -0.3 is 20.3 Å². The molecule has 1 atom stereocenters. The average Bonchev–Trinajstić information content (AvgIpc) is 3.30. The number of rotatable bonds is 11. The van der Waals surface area contributed by atoms with Gasteiger partial charge in [0.05, 0.1) is 30.9 Å². The first-order chi connectivity index (χ1) is 16.1. The van der Waals surface area contributed by atoms with Crippen molar-refractivity contribution in [2.75, 3.05) is 19.8 Å². The molecule has 3 N–H and O–H groups in total. The molecule has 0 spiro atoms. The Morgan fingerprint density at radius 3 is 2.29 bits per heavy atom. The molecule has 6 nitrogen and oxygen atoms in total. The van der Waals surface area contributed by atoms with Crippen LogP contribution in [-0.4, -0.2) is 35.1 Å². The smallest absolute Gasteiger partial charge is 0.419 e. The van der Waals surface area contributed by atoms with Crippen LogP contribution in [0.4, 0.5) is 17.6 Å². The minimum Gasteiger partial charge on any atom is -0.494 e. The lowest BCUT2D eigenvalue weighted by molar-refractivity contribution is -0.138. The quantitative estimate of drug-likeness (QED) is 0.280. The first-order valence-corrected chi connectivity index (χ1v) is 11.4. The molecule has 0 aliphatic rings. The third-order valence-corrected chi connectivity index (χ3v) is 6.15. The standard InChI is InChI=1S/C23H25F4N3O3S/c1-22(28,14-31)21-30-29-20(34-21)15-5-10-19(18(13-15)23(25,26)27)33-12-4-2-3-11-32-17-8-6-16(24)7-9-17/h5-10,13,31H,2-4,11-12,14,28H2,1H3/t22-/m0/s1. The van der Waals surface area contributed by atoms with E-state index in [1.54, 1.807) is 6.92 Å². The molecule has 34 heavy (non-hydrogen) atoms. The number of alkyl halides is 3. The number of hydrogen-bond acceptors (Lipinski definition) is 7. The summed E-state index contributed by atoms with van der Waals surface area (Å²) in [6.45, 7) is 1.71. The summed E-state index contributed by atoms with van der Waals surface area (Å²) in [4.78, 5) is 0. The summed E-state index contributed by atoms with van der Waals surface area (Å²) in [5.74, 6) is -0.0470. The van der Waals surface area contributed by atoms with Crippen LogP contribution in [0.15, 0.2) is 42.5 Å². The van der Waals surface area contributed by atoms with Crippen LogP contribution in [0.5, 0.6) is 11.5 Å². The zero-order valence-electron chi connectivity index (χ0n) is 18.4. The van der Waals surface area contributed by atoms with Gasteiger partial charge in [0.2, 0.25) is 0 Å². The van der Waals surface area contributed by atoms with Gasteiger partial charge in [0.15, 0.2) is 0 Å². The fourth-order valence-corrected chi connectivity index (χ4v) is 3.82. The van der Waals surface area contributed by atoms with Crippen LogP contribution in [0.2, 0.25) is 0 Å². The van der Waals surface area contributed by atoms with Crippen LogP contribution in [0.3, 0.4) is 0 Å². The lowest BCUT2D eigenvalue weighted by Crippen LogP contribution is -2.36. The molecule has 3 rings (SSSR count). The molecule has 3 aromatic rings. The van der Waals surface area contributed by atoms with E-state index in [9.17, 15) is 22.7 Å². The van der Waals surface area contributed by atoms with Crippen LogP contribution in [-0.2, 0) is 11.7 Å². The van der Waals surface area contributed by atoms with Gasteiger partial charge in [0, 0.05) is 5.56 Å². The second-order valence-electron chi connectivity index (χ2n) is 7.91. The zero-order valence-corrected chi connectivity index (χ0v) is 19.3. The second-order valence-corrected chi connectivity index (χ2v) is 8.89. The normalized spacial score (nSPS) is 13.5. The zero-order chi connectivity index (χ0) is 24.8. The third kappa shape index (κ3) is 6.87. The Labute approximate surface area is 198 Å². The Balaban J connectivity index is 1.55. The minimum atomic E-state index is -4.62. The Morgan fingerprint density at radius 2 is 1.65 bits per heavy atom. The van der Waals surface area contributed by atoms with E-state index in [-0.39, 0.29) is 35.4 Å².